The van der Waals surface area contributed by atoms with E-state index in [1.54, 1.807) is 6.20 Å². The van der Waals surface area contributed by atoms with Gasteiger partial charge in [0.05, 0.1) is 0 Å². The van der Waals surface area contributed by atoms with Crippen molar-refractivity contribution in [2.24, 2.45) is 0 Å². The van der Waals surface area contributed by atoms with Crippen molar-refractivity contribution in [1.82, 2.24) is 4.98 Å². The summed E-state index contributed by atoms with van der Waals surface area (Å²) in [5.74, 6) is 0.942. The third-order valence-corrected chi connectivity index (χ3v) is 1.10. The molecule has 0 radical (unpaired) electrons. The minimum Gasteiger partial charge on any atom is -0.368 e. The average molecular weight is 184 g/mol. The van der Waals surface area contributed by atoms with Crippen LogP contribution in [0.2, 0.25) is 0 Å². The Kier molecular flexibility index (Phi) is 6.69. The lowest BCUT2D eigenvalue weighted by Gasteiger charge is -2.06. The molecule has 0 amide bonds. The second kappa shape index (κ2) is 7.05. The Labute approximate surface area is 77.0 Å². The van der Waals surface area contributed by atoms with Gasteiger partial charge in [-0.05, 0) is 26.0 Å². The van der Waals surface area contributed by atoms with Gasteiger partial charge in [0.1, 0.15) is 5.82 Å². The molecule has 1 heterocycles. The summed E-state index contributed by atoms with van der Waals surface area (Å²) < 4.78 is 0. The number of anilines is 1. The predicted octanol–water partition coefficient (Wildman–Crippen LogP) is 2.39. The Morgan fingerprint density at radius 3 is 2.42 bits per heavy atom. The highest BCUT2D eigenvalue weighted by Gasteiger charge is 1.91. The van der Waals surface area contributed by atoms with Gasteiger partial charge in [0, 0.05) is 12.2 Å². The average Bonchev–Trinajstić information content (AvgIpc) is 2.08. The summed E-state index contributed by atoms with van der Waals surface area (Å²) >= 11 is 0. The van der Waals surface area contributed by atoms with Gasteiger partial charge in [0.15, 0.2) is 0 Å². The van der Waals surface area contributed by atoms with Crippen molar-refractivity contribution >= 4 is 15.1 Å². The SMILES string of the molecule is CC(C)Nc1ccccn1.CP. The van der Waals surface area contributed by atoms with Crippen molar-refractivity contribution in [2.75, 3.05) is 12.0 Å². The molecule has 0 saturated heterocycles. The van der Waals surface area contributed by atoms with E-state index < -0.39 is 0 Å². The van der Waals surface area contributed by atoms with Gasteiger partial charge in [-0.15, -0.1) is 9.24 Å². The number of nitrogens with zero attached hydrogens (tertiary/aromatic N) is 1. The van der Waals surface area contributed by atoms with Crippen molar-refractivity contribution in [3.8, 4) is 0 Å². The molecular weight excluding hydrogens is 167 g/mol. The van der Waals surface area contributed by atoms with Crippen LogP contribution < -0.4 is 5.32 Å². The Morgan fingerprint density at radius 1 is 1.33 bits per heavy atom. The highest BCUT2D eigenvalue weighted by molar-refractivity contribution is 7.15. The molecule has 3 heteroatoms. The lowest BCUT2D eigenvalue weighted by atomic mass is 10.4. The van der Waals surface area contributed by atoms with E-state index in [-0.39, 0.29) is 0 Å². The topological polar surface area (TPSA) is 24.9 Å². The van der Waals surface area contributed by atoms with Crippen LogP contribution in [0.15, 0.2) is 24.4 Å². The van der Waals surface area contributed by atoms with E-state index >= 15 is 0 Å². The summed E-state index contributed by atoms with van der Waals surface area (Å²) in [7, 11) is 2.42. The van der Waals surface area contributed by atoms with Crippen LogP contribution in [0.4, 0.5) is 5.82 Å². The first-order valence-corrected chi connectivity index (χ1v) is 5.20. The first kappa shape index (κ1) is 11.4. The Morgan fingerprint density at radius 2 is 2.00 bits per heavy atom. The number of hydrogen-bond donors (Lipinski definition) is 1. The minimum absolute atomic E-state index is 0.454. The van der Waals surface area contributed by atoms with Crippen molar-refractivity contribution in [2.45, 2.75) is 19.9 Å². The van der Waals surface area contributed by atoms with Crippen LogP contribution in [0.5, 0.6) is 0 Å². The molecule has 1 N–H and O–H groups in total. The number of rotatable bonds is 2. The van der Waals surface area contributed by atoms with Gasteiger partial charge in [0.2, 0.25) is 0 Å². The molecule has 1 aromatic heterocycles. The maximum absolute atomic E-state index is 4.11. The molecule has 0 fully saturated rings. The van der Waals surface area contributed by atoms with Crippen molar-refractivity contribution in [3.63, 3.8) is 0 Å². The maximum atomic E-state index is 4.11. The van der Waals surface area contributed by atoms with Gasteiger partial charge < -0.3 is 5.32 Å². The van der Waals surface area contributed by atoms with Crippen LogP contribution in [-0.2, 0) is 0 Å². The van der Waals surface area contributed by atoms with Crippen LogP contribution >= 0.6 is 9.24 Å². The summed E-state index contributed by atoms with van der Waals surface area (Å²) in [5.41, 5.74) is 0. The number of nitrogens with one attached hydrogen (secondary N) is 1. The third kappa shape index (κ3) is 5.09. The van der Waals surface area contributed by atoms with Crippen molar-refractivity contribution < 1.29 is 0 Å². The summed E-state index contributed by atoms with van der Waals surface area (Å²) in [5, 5.41) is 3.19. The van der Waals surface area contributed by atoms with E-state index in [9.17, 15) is 0 Å². The summed E-state index contributed by atoms with van der Waals surface area (Å²) in [6, 6.07) is 6.29. The fourth-order valence-electron chi connectivity index (χ4n) is 0.744. The van der Waals surface area contributed by atoms with Crippen LogP contribution in [0, 0.1) is 0 Å². The van der Waals surface area contributed by atoms with Gasteiger partial charge >= 0.3 is 0 Å². The Hall–Kier alpha value is -0.620. The van der Waals surface area contributed by atoms with Gasteiger partial charge in [0.25, 0.3) is 0 Å². The van der Waals surface area contributed by atoms with E-state index in [4.69, 9.17) is 0 Å². The van der Waals surface area contributed by atoms with Gasteiger partial charge in [-0.1, -0.05) is 12.7 Å². The molecule has 1 aromatic rings. The fraction of sp³-hybridized carbons (Fsp3) is 0.444. The molecule has 0 aliphatic heterocycles. The van der Waals surface area contributed by atoms with E-state index in [0.717, 1.165) is 5.82 Å². The molecule has 0 aliphatic rings. The number of hydrogen-bond acceptors (Lipinski definition) is 2. The second-order valence-electron chi connectivity index (χ2n) is 2.51. The first-order chi connectivity index (χ1) is 5.79. The molecule has 0 saturated carbocycles. The Balaban J connectivity index is 0.000000561. The summed E-state index contributed by atoms with van der Waals surface area (Å²) in [6.45, 7) is 6.10. The smallest absolute Gasteiger partial charge is 0.126 e. The van der Waals surface area contributed by atoms with Crippen LogP contribution in [0.3, 0.4) is 0 Å². The minimum atomic E-state index is 0.454. The van der Waals surface area contributed by atoms with E-state index in [1.165, 1.54) is 0 Å². The molecule has 1 unspecified atom stereocenters. The molecule has 1 rings (SSSR count). The summed E-state index contributed by atoms with van der Waals surface area (Å²) in [6.07, 6.45) is 1.78. The molecule has 68 valence electrons. The highest BCUT2D eigenvalue weighted by Crippen LogP contribution is 2.00. The van der Waals surface area contributed by atoms with Crippen molar-refractivity contribution in [1.29, 1.82) is 0 Å². The zero-order chi connectivity index (χ0) is 9.40. The van der Waals surface area contributed by atoms with E-state index in [0.29, 0.717) is 6.04 Å². The maximum Gasteiger partial charge on any atom is 0.126 e. The van der Waals surface area contributed by atoms with Crippen LogP contribution in [0.1, 0.15) is 13.8 Å². The molecular formula is C9H17N2P. The Bertz CT molecular complexity index is 187. The quantitative estimate of drug-likeness (QED) is 0.714. The van der Waals surface area contributed by atoms with Gasteiger partial charge in [-0.3, -0.25) is 0 Å². The normalized spacial score (nSPS) is 8.75. The molecule has 12 heavy (non-hydrogen) atoms. The highest BCUT2D eigenvalue weighted by atomic mass is 31.0. The van der Waals surface area contributed by atoms with E-state index in [2.05, 4.69) is 33.4 Å². The second-order valence-corrected chi connectivity index (χ2v) is 2.51. The molecule has 0 aliphatic carbocycles. The number of aromatic nitrogens is 1. The fourth-order valence-corrected chi connectivity index (χ4v) is 0.744. The molecule has 2 nitrogen and oxygen atoms in total. The number of pyridine rings is 1. The van der Waals surface area contributed by atoms with E-state index in [1.807, 2.05) is 24.9 Å². The van der Waals surface area contributed by atoms with Crippen LogP contribution in [0.25, 0.3) is 0 Å². The lowest BCUT2D eigenvalue weighted by molar-refractivity contribution is 0.889. The monoisotopic (exact) mass is 184 g/mol. The largest absolute Gasteiger partial charge is 0.368 e. The molecule has 0 spiro atoms. The first-order valence-electron chi connectivity index (χ1n) is 4.04. The van der Waals surface area contributed by atoms with Crippen molar-refractivity contribution in [3.05, 3.63) is 24.4 Å². The van der Waals surface area contributed by atoms with Gasteiger partial charge in [-0.25, -0.2) is 4.98 Å². The van der Waals surface area contributed by atoms with Crippen LogP contribution in [-0.4, -0.2) is 17.7 Å². The molecule has 1 atom stereocenters. The zero-order valence-electron chi connectivity index (χ0n) is 7.91. The lowest BCUT2D eigenvalue weighted by Crippen LogP contribution is -2.10. The zero-order valence-corrected chi connectivity index (χ0v) is 9.07. The molecule has 0 aromatic carbocycles. The summed E-state index contributed by atoms with van der Waals surface area (Å²) in [4.78, 5) is 4.11. The standard InChI is InChI=1S/C8H12N2.CH5P/c1-7(2)10-8-5-3-4-6-9-8;1-2/h3-7H,1-2H3,(H,9,10);2H2,1H3. The molecule has 0 bridgehead atoms. The predicted molar refractivity (Wildman–Crippen MR) is 58.6 cm³/mol. The third-order valence-electron chi connectivity index (χ3n) is 1.10. The van der Waals surface area contributed by atoms with Gasteiger partial charge in [-0.2, -0.15) is 0 Å².